The average molecular weight is 762 g/mol. The fraction of sp³-hybridized carbons (Fsp3) is 0.0182. The van der Waals surface area contributed by atoms with Crippen LogP contribution in [0.2, 0.25) is 0 Å². The second-order valence-electron chi connectivity index (χ2n) is 14.5. The lowest BCUT2D eigenvalue weighted by Crippen LogP contribution is -2.74. The van der Waals surface area contributed by atoms with Gasteiger partial charge in [0.2, 0.25) is 0 Å². The average Bonchev–Trinajstić information content (AvgIpc) is 3.68. The van der Waals surface area contributed by atoms with Gasteiger partial charge in [-0.25, -0.2) is 0 Å². The van der Waals surface area contributed by atoms with Crippen molar-refractivity contribution in [1.29, 1.82) is 0 Å². The molecule has 278 valence electrons. The molecule has 0 unspecified atom stereocenters. The summed E-state index contributed by atoms with van der Waals surface area (Å²) in [5.41, 5.74) is 9.70. The summed E-state index contributed by atoms with van der Waals surface area (Å²) in [4.78, 5) is 2.32. The third-order valence-electron chi connectivity index (χ3n) is 11.3. The monoisotopic (exact) mass is 761 g/mol. The first-order valence-corrected chi connectivity index (χ1v) is 21.5. The minimum Gasteiger partial charge on any atom is -0.455 e. The summed E-state index contributed by atoms with van der Waals surface area (Å²) in [6, 6.07) is 85.6. The molecule has 0 radical (unpaired) electrons. The number of benzene rings is 9. The van der Waals surface area contributed by atoms with Gasteiger partial charge in [0.1, 0.15) is 11.2 Å². The topological polar surface area (TPSA) is 16.4 Å². The Kier molecular flexibility index (Phi) is 9.89. The maximum Gasteiger partial charge on any atom is 0.179 e. The lowest BCUT2D eigenvalue weighted by molar-refractivity contribution is 0.670. The number of hydrogen-bond donors (Lipinski definition) is 0. The van der Waals surface area contributed by atoms with E-state index in [9.17, 15) is 0 Å². The fourth-order valence-corrected chi connectivity index (χ4v) is 13.3. The highest BCUT2D eigenvalue weighted by atomic mass is 28.3. The molecule has 0 bridgehead atoms. The van der Waals surface area contributed by atoms with Crippen molar-refractivity contribution in [1.82, 2.24) is 0 Å². The zero-order valence-electron chi connectivity index (χ0n) is 31.4. The molecule has 0 amide bonds. The van der Waals surface area contributed by atoms with E-state index in [1.165, 1.54) is 31.9 Å². The molecule has 1 aromatic heterocycles. The first kappa shape index (κ1) is 36.4. The minimum absolute atomic E-state index is 0. The van der Waals surface area contributed by atoms with Gasteiger partial charge in [-0.3, -0.25) is 0 Å². The summed E-state index contributed by atoms with van der Waals surface area (Å²) >= 11 is 0. The number of rotatable bonds is 9. The van der Waals surface area contributed by atoms with Gasteiger partial charge in [0.25, 0.3) is 0 Å². The van der Waals surface area contributed by atoms with E-state index in [-0.39, 0.29) is 7.43 Å². The van der Waals surface area contributed by atoms with E-state index < -0.39 is 8.07 Å². The smallest absolute Gasteiger partial charge is 0.179 e. The van der Waals surface area contributed by atoms with Gasteiger partial charge in [-0.15, -0.1) is 0 Å². The van der Waals surface area contributed by atoms with Crippen LogP contribution in [0.15, 0.2) is 241 Å². The molecule has 10 rings (SSSR count). The van der Waals surface area contributed by atoms with Crippen molar-refractivity contribution in [3.63, 3.8) is 0 Å². The van der Waals surface area contributed by atoms with Crippen LogP contribution >= 0.6 is 0 Å². The number of anilines is 3. The lowest BCUT2D eigenvalue weighted by Gasteiger charge is -2.34. The Hall–Kier alpha value is -7.20. The molecule has 0 N–H and O–H groups in total. The Bertz CT molecular complexity index is 2810. The van der Waals surface area contributed by atoms with Gasteiger partial charge < -0.3 is 9.32 Å². The zero-order valence-corrected chi connectivity index (χ0v) is 32.4. The van der Waals surface area contributed by atoms with Gasteiger partial charge in [0.05, 0.1) is 0 Å². The molecular formula is C55H43NOSi. The number of furan rings is 1. The van der Waals surface area contributed by atoms with Crippen LogP contribution in [0.4, 0.5) is 17.1 Å². The fourth-order valence-electron chi connectivity index (χ4n) is 8.57. The molecule has 0 fully saturated rings. The van der Waals surface area contributed by atoms with E-state index in [4.69, 9.17) is 4.42 Å². The number of para-hydroxylation sites is 3. The van der Waals surface area contributed by atoms with Crippen molar-refractivity contribution in [2.75, 3.05) is 4.90 Å². The van der Waals surface area contributed by atoms with E-state index in [1.54, 1.807) is 0 Å². The van der Waals surface area contributed by atoms with Crippen LogP contribution in [-0.2, 0) is 0 Å². The van der Waals surface area contributed by atoms with E-state index in [0.29, 0.717) is 0 Å². The minimum atomic E-state index is -2.58. The molecule has 1 heterocycles. The number of nitrogens with zero attached hydrogens (tertiary/aromatic N) is 1. The lowest BCUT2D eigenvalue weighted by atomic mass is 10.0. The molecule has 0 aliphatic rings. The summed E-state index contributed by atoms with van der Waals surface area (Å²) in [5.74, 6) is 0. The second-order valence-corrected chi connectivity index (χ2v) is 18.3. The van der Waals surface area contributed by atoms with E-state index in [0.717, 1.165) is 50.1 Å². The highest BCUT2D eigenvalue weighted by Gasteiger charge is 2.41. The van der Waals surface area contributed by atoms with Crippen molar-refractivity contribution in [2.24, 2.45) is 0 Å². The summed E-state index contributed by atoms with van der Waals surface area (Å²) < 4.78 is 6.38. The standard InChI is InChI=1S/C54H39NOSi.CH4/c1-5-16-43(17-6-1)55(45-36-30-42(31-37-45)50-25-15-26-52-51-24-13-14-27-53(51)56-54(50)52)44-34-28-40(29-35-44)41-32-38-49(39-33-41)57(46-18-7-2-8-19-46,47-20-9-3-10-21-47)48-22-11-4-12-23-48;/h1-39H;1H4. The summed E-state index contributed by atoms with van der Waals surface area (Å²) in [6.45, 7) is 0. The Morgan fingerprint density at radius 2 is 0.707 bits per heavy atom. The molecule has 2 nitrogen and oxygen atoms in total. The first-order valence-electron chi connectivity index (χ1n) is 19.5. The molecule has 10 aromatic rings. The third-order valence-corrected chi connectivity index (χ3v) is 16.0. The predicted molar refractivity (Wildman–Crippen MR) is 250 cm³/mol. The van der Waals surface area contributed by atoms with E-state index in [2.05, 4.69) is 229 Å². The zero-order chi connectivity index (χ0) is 38.0. The Morgan fingerprint density at radius 3 is 1.24 bits per heavy atom. The summed E-state index contributed by atoms with van der Waals surface area (Å²) in [6.07, 6.45) is 0. The third kappa shape index (κ3) is 6.42. The van der Waals surface area contributed by atoms with E-state index >= 15 is 0 Å². The first-order chi connectivity index (χ1) is 28.3. The normalized spacial score (nSPS) is 11.3. The Balaban J connectivity index is 0.00000436. The molecule has 0 saturated heterocycles. The number of hydrogen-bond acceptors (Lipinski definition) is 2. The van der Waals surface area contributed by atoms with Gasteiger partial charge in [-0.1, -0.05) is 202 Å². The quantitative estimate of drug-likeness (QED) is 0.108. The Labute approximate surface area is 342 Å². The number of fused-ring (bicyclic) bond motifs is 3. The molecule has 0 atom stereocenters. The molecule has 58 heavy (non-hydrogen) atoms. The van der Waals surface area contributed by atoms with Crippen molar-refractivity contribution < 1.29 is 4.42 Å². The highest BCUT2D eigenvalue weighted by molar-refractivity contribution is 7.19. The van der Waals surface area contributed by atoms with Gasteiger partial charge in [0, 0.05) is 33.4 Å². The summed E-state index contributed by atoms with van der Waals surface area (Å²) in [7, 11) is -2.58. The molecule has 3 heteroatoms. The SMILES string of the molecule is C.c1ccc(N(c2ccc(-c3ccc([Si](c4ccccc4)(c4ccccc4)c4ccccc4)cc3)cc2)c2ccc(-c3cccc4c3oc3ccccc34)cc2)cc1. The summed E-state index contributed by atoms with van der Waals surface area (Å²) in [5, 5.41) is 7.77. The van der Waals surface area contributed by atoms with Crippen LogP contribution in [0.25, 0.3) is 44.2 Å². The van der Waals surface area contributed by atoms with Crippen molar-refractivity contribution in [3.8, 4) is 22.3 Å². The maximum atomic E-state index is 6.38. The van der Waals surface area contributed by atoms with Crippen LogP contribution < -0.4 is 25.6 Å². The molecule has 9 aromatic carbocycles. The molecular weight excluding hydrogens is 719 g/mol. The van der Waals surface area contributed by atoms with Crippen molar-refractivity contribution >= 4 is 67.8 Å². The van der Waals surface area contributed by atoms with E-state index in [1.807, 2.05) is 12.1 Å². The van der Waals surface area contributed by atoms with Crippen LogP contribution in [-0.4, -0.2) is 8.07 Å². The van der Waals surface area contributed by atoms with Crippen LogP contribution in [0, 0.1) is 0 Å². The van der Waals surface area contributed by atoms with Gasteiger partial charge in [0.15, 0.2) is 8.07 Å². The molecule has 0 aliphatic heterocycles. The van der Waals surface area contributed by atoms with Crippen LogP contribution in [0.1, 0.15) is 7.43 Å². The largest absolute Gasteiger partial charge is 0.455 e. The second kappa shape index (κ2) is 15.7. The van der Waals surface area contributed by atoms with Crippen molar-refractivity contribution in [2.45, 2.75) is 7.43 Å². The predicted octanol–water partition coefficient (Wildman–Crippen LogP) is 12.4. The van der Waals surface area contributed by atoms with Gasteiger partial charge >= 0.3 is 0 Å². The van der Waals surface area contributed by atoms with Crippen LogP contribution in [0.3, 0.4) is 0 Å². The Morgan fingerprint density at radius 1 is 0.310 bits per heavy atom. The molecule has 0 aliphatic carbocycles. The molecule has 0 saturated carbocycles. The van der Waals surface area contributed by atoms with Crippen molar-refractivity contribution in [3.05, 3.63) is 237 Å². The highest BCUT2D eigenvalue weighted by Crippen LogP contribution is 2.39. The van der Waals surface area contributed by atoms with Gasteiger partial charge in [-0.2, -0.15) is 0 Å². The maximum absolute atomic E-state index is 6.38. The van der Waals surface area contributed by atoms with Crippen LogP contribution in [0.5, 0.6) is 0 Å². The molecule has 0 spiro atoms. The van der Waals surface area contributed by atoms with Gasteiger partial charge in [-0.05, 0) is 79.9 Å².